The van der Waals surface area contributed by atoms with Gasteiger partial charge in [-0.2, -0.15) is 5.26 Å². The Kier molecular flexibility index (Phi) is 6.00. The van der Waals surface area contributed by atoms with Crippen LogP contribution in [0.15, 0.2) is 24.3 Å². The molecule has 0 saturated carbocycles. The second-order valence-electron chi connectivity index (χ2n) is 6.56. The second-order valence-corrected chi connectivity index (χ2v) is 6.56. The quantitative estimate of drug-likeness (QED) is 0.875. The minimum absolute atomic E-state index is 0.0119. The van der Waals surface area contributed by atoms with Crippen LogP contribution in [0.3, 0.4) is 0 Å². The predicted octanol–water partition coefficient (Wildman–Crippen LogP) is 2.32. The SMILES string of the molecule is CC(C)(CNC(=O)COc1ccc(C#N)cc1)N1CCCCC1. The van der Waals surface area contributed by atoms with Crippen molar-refractivity contribution >= 4 is 5.91 Å². The van der Waals surface area contributed by atoms with Crippen molar-refractivity contribution in [3.63, 3.8) is 0 Å². The molecule has 0 radical (unpaired) electrons. The van der Waals surface area contributed by atoms with Crippen molar-refractivity contribution in [2.45, 2.75) is 38.6 Å². The van der Waals surface area contributed by atoms with E-state index in [0.717, 1.165) is 13.1 Å². The van der Waals surface area contributed by atoms with Gasteiger partial charge in [-0.05, 0) is 64.0 Å². The topological polar surface area (TPSA) is 65.4 Å². The molecule has 1 N–H and O–H groups in total. The van der Waals surface area contributed by atoms with Crippen LogP contribution in [0, 0.1) is 11.3 Å². The Balaban J connectivity index is 1.74. The number of nitrogens with zero attached hydrogens (tertiary/aromatic N) is 2. The normalized spacial score (nSPS) is 15.7. The number of amides is 1. The minimum Gasteiger partial charge on any atom is -0.484 e. The molecule has 1 fully saturated rings. The molecule has 2 rings (SSSR count). The Morgan fingerprint density at radius 1 is 1.26 bits per heavy atom. The largest absolute Gasteiger partial charge is 0.484 e. The summed E-state index contributed by atoms with van der Waals surface area (Å²) in [6, 6.07) is 8.79. The minimum atomic E-state index is -0.126. The Hall–Kier alpha value is -2.06. The number of carbonyl (C=O) groups is 1. The molecule has 1 aliphatic rings. The lowest BCUT2D eigenvalue weighted by molar-refractivity contribution is -0.123. The lowest BCUT2D eigenvalue weighted by Crippen LogP contribution is -2.53. The zero-order valence-corrected chi connectivity index (χ0v) is 14.0. The first-order chi connectivity index (χ1) is 11.0. The standard InChI is InChI=1S/C18H25N3O2/c1-18(2,21-10-4-3-5-11-21)14-20-17(22)13-23-16-8-6-15(12-19)7-9-16/h6-9H,3-5,10-11,13-14H2,1-2H3,(H,20,22). The zero-order valence-electron chi connectivity index (χ0n) is 14.0. The van der Waals surface area contributed by atoms with Gasteiger partial charge in [-0.3, -0.25) is 9.69 Å². The van der Waals surface area contributed by atoms with Gasteiger partial charge >= 0.3 is 0 Å². The average molecular weight is 315 g/mol. The zero-order chi connectivity index (χ0) is 16.7. The van der Waals surface area contributed by atoms with Crippen LogP contribution < -0.4 is 10.1 Å². The van der Waals surface area contributed by atoms with Gasteiger partial charge in [0, 0.05) is 12.1 Å². The Labute approximate surface area is 138 Å². The van der Waals surface area contributed by atoms with Gasteiger partial charge in [0.05, 0.1) is 11.6 Å². The van der Waals surface area contributed by atoms with E-state index in [4.69, 9.17) is 10.00 Å². The highest BCUT2D eigenvalue weighted by atomic mass is 16.5. The number of nitriles is 1. The maximum Gasteiger partial charge on any atom is 0.258 e. The van der Waals surface area contributed by atoms with Crippen LogP contribution in [0.25, 0.3) is 0 Å². The third kappa shape index (κ3) is 5.26. The molecule has 1 saturated heterocycles. The van der Waals surface area contributed by atoms with Gasteiger partial charge in [0.1, 0.15) is 5.75 Å². The molecule has 1 aromatic rings. The molecule has 0 aliphatic carbocycles. The van der Waals surface area contributed by atoms with E-state index in [1.807, 2.05) is 6.07 Å². The number of nitrogens with one attached hydrogen (secondary N) is 1. The number of piperidine rings is 1. The fourth-order valence-electron chi connectivity index (χ4n) is 2.75. The van der Waals surface area contributed by atoms with E-state index in [1.54, 1.807) is 24.3 Å². The van der Waals surface area contributed by atoms with Crippen LogP contribution in [-0.2, 0) is 4.79 Å². The van der Waals surface area contributed by atoms with Crippen molar-refractivity contribution in [3.05, 3.63) is 29.8 Å². The summed E-state index contributed by atoms with van der Waals surface area (Å²) in [6.45, 7) is 7.14. The summed E-state index contributed by atoms with van der Waals surface area (Å²) in [7, 11) is 0. The molecule has 23 heavy (non-hydrogen) atoms. The molecule has 1 amide bonds. The first-order valence-corrected chi connectivity index (χ1v) is 8.16. The molecule has 5 heteroatoms. The van der Waals surface area contributed by atoms with Crippen molar-refractivity contribution in [2.75, 3.05) is 26.2 Å². The molecule has 0 spiro atoms. The highest BCUT2D eigenvalue weighted by Crippen LogP contribution is 2.19. The smallest absolute Gasteiger partial charge is 0.258 e. The molecule has 0 atom stereocenters. The van der Waals surface area contributed by atoms with E-state index in [2.05, 4.69) is 24.1 Å². The van der Waals surface area contributed by atoms with Crippen molar-refractivity contribution < 1.29 is 9.53 Å². The van der Waals surface area contributed by atoms with E-state index < -0.39 is 0 Å². The first-order valence-electron chi connectivity index (χ1n) is 8.16. The number of ether oxygens (including phenoxy) is 1. The second kappa shape index (κ2) is 7.98. The van der Waals surface area contributed by atoms with Gasteiger partial charge in [-0.1, -0.05) is 6.42 Å². The molecular weight excluding hydrogens is 290 g/mol. The number of hydrogen-bond donors (Lipinski definition) is 1. The molecule has 1 aromatic carbocycles. The third-order valence-corrected chi connectivity index (χ3v) is 4.28. The lowest BCUT2D eigenvalue weighted by atomic mass is 9.98. The lowest BCUT2D eigenvalue weighted by Gasteiger charge is -2.41. The molecule has 0 aromatic heterocycles. The van der Waals surface area contributed by atoms with Crippen molar-refractivity contribution in [2.24, 2.45) is 0 Å². The highest BCUT2D eigenvalue weighted by Gasteiger charge is 2.28. The fourth-order valence-corrected chi connectivity index (χ4v) is 2.75. The van der Waals surface area contributed by atoms with Crippen LogP contribution in [-0.4, -0.2) is 42.6 Å². The fraction of sp³-hybridized carbons (Fsp3) is 0.556. The summed E-state index contributed by atoms with van der Waals surface area (Å²) >= 11 is 0. The Bertz CT molecular complexity index is 555. The molecule has 0 bridgehead atoms. The summed E-state index contributed by atoms with van der Waals surface area (Å²) in [5.41, 5.74) is 0.537. The number of rotatable bonds is 6. The summed E-state index contributed by atoms with van der Waals surface area (Å²) in [5, 5.41) is 11.7. The third-order valence-electron chi connectivity index (χ3n) is 4.28. The van der Waals surface area contributed by atoms with Crippen molar-refractivity contribution in [3.8, 4) is 11.8 Å². The number of hydrogen-bond acceptors (Lipinski definition) is 4. The summed E-state index contributed by atoms with van der Waals surface area (Å²) in [5.74, 6) is 0.467. The summed E-state index contributed by atoms with van der Waals surface area (Å²) < 4.78 is 5.44. The molecule has 5 nitrogen and oxygen atoms in total. The molecule has 1 aliphatic heterocycles. The molecular formula is C18H25N3O2. The van der Waals surface area contributed by atoms with Gasteiger partial charge in [0.25, 0.3) is 5.91 Å². The van der Waals surface area contributed by atoms with Crippen LogP contribution in [0.4, 0.5) is 0 Å². The van der Waals surface area contributed by atoms with Crippen molar-refractivity contribution in [1.82, 2.24) is 10.2 Å². The summed E-state index contributed by atoms with van der Waals surface area (Å²) in [6.07, 6.45) is 3.77. The van der Waals surface area contributed by atoms with Gasteiger partial charge < -0.3 is 10.1 Å². The Morgan fingerprint density at radius 2 is 1.91 bits per heavy atom. The van der Waals surface area contributed by atoms with Crippen LogP contribution in [0.1, 0.15) is 38.7 Å². The van der Waals surface area contributed by atoms with E-state index in [1.165, 1.54) is 19.3 Å². The number of likely N-dealkylation sites (tertiary alicyclic amines) is 1. The Morgan fingerprint density at radius 3 is 2.52 bits per heavy atom. The first kappa shape index (κ1) is 17.3. The highest BCUT2D eigenvalue weighted by molar-refractivity contribution is 5.77. The van der Waals surface area contributed by atoms with Crippen LogP contribution in [0.5, 0.6) is 5.75 Å². The van der Waals surface area contributed by atoms with Gasteiger partial charge in [-0.15, -0.1) is 0 Å². The molecule has 124 valence electrons. The van der Waals surface area contributed by atoms with E-state index in [9.17, 15) is 4.79 Å². The van der Waals surface area contributed by atoms with E-state index in [-0.39, 0.29) is 18.1 Å². The van der Waals surface area contributed by atoms with Gasteiger partial charge in [-0.25, -0.2) is 0 Å². The van der Waals surface area contributed by atoms with Gasteiger partial charge in [0.2, 0.25) is 0 Å². The monoisotopic (exact) mass is 315 g/mol. The number of benzene rings is 1. The maximum atomic E-state index is 12.0. The van der Waals surface area contributed by atoms with E-state index >= 15 is 0 Å². The molecule has 1 heterocycles. The number of carbonyl (C=O) groups excluding carboxylic acids is 1. The van der Waals surface area contributed by atoms with Crippen LogP contribution >= 0.6 is 0 Å². The molecule has 0 unspecified atom stereocenters. The van der Waals surface area contributed by atoms with Gasteiger partial charge in [0.15, 0.2) is 6.61 Å². The predicted molar refractivity (Wildman–Crippen MR) is 89.2 cm³/mol. The van der Waals surface area contributed by atoms with Crippen LogP contribution in [0.2, 0.25) is 0 Å². The maximum absolute atomic E-state index is 12.0. The van der Waals surface area contributed by atoms with Crippen molar-refractivity contribution in [1.29, 1.82) is 5.26 Å². The summed E-state index contributed by atoms with van der Waals surface area (Å²) in [4.78, 5) is 14.4. The average Bonchev–Trinajstić information content (AvgIpc) is 2.59. The van der Waals surface area contributed by atoms with E-state index in [0.29, 0.717) is 17.9 Å².